The van der Waals surface area contributed by atoms with E-state index in [1.165, 1.54) is 0 Å². The monoisotopic (exact) mass is 646 g/mol. The molecule has 7 atom stereocenters. The van der Waals surface area contributed by atoms with Crippen molar-refractivity contribution >= 4 is 23.2 Å². The number of carbonyl (C=O) groups is 3. The zero-order valence-corrected chi connectivity index (χ0v) is 26.4. The molecule has 250 valence electrons. The molecule has 0 spiro atoms. The first-order valence-electron chi connectivity index (χ1n) is 16.0. The molecular formula is C34H41F3N2O7. The molecule has 7 rings (SSSR count). The Hall–Kier alpha value is -3.38. The predicted octanol–water partition coefficient (Wildman–Crippen LogP) is 4.58. The molecule has 4 fully saturated rings. The van der Waals surface area contributed by atoms with Crippen LogP contribution in [0, 0.1) is 40.9 Å². The first-order valence-corrected chi connectivity index (χ1v) is 16.0. The standard InChI is InChI=1S/C34H41F3N2O7/c1-5-39(12-15-6-7-20-14(2)26(15)32(20,3)4)13-17-10-21(40)24-19(27(17)34(35,36)37)9-16-8-18-11-22(41)25(31(38)45)30(44)33(18,46)29(43)23(16)28(24)42/h10,14-16,18,20,26,40,42,44,46H,5-9,11-13H2,1-4H3,(H2,38,45)/t14?,15-,16?,18-,20?,26?,33-/m0/s1. The lowest BCUT2D eigenvalue weighted by atomic mass is 9.40. The number of rotatable bonds is 6. The molecule has 0 aromatic heterocycles. The summed E-state index contributed by atoms with van der Waals surface area (Å²) in [5, 5.41) is 44.5. The highest BCUT2D eigenvalue weighted by molar-refractivity contribution is 6.22. The molecule has 6 aliphatic rings. The summed E-state index contributed by atoms with van der Waals surface area (Å²) in [7, 11) is 0. The van der Waals surface area contributed by atoms with Crippen molar-refractivity contribution in [1.82, 2.24) is 4.90 Å². The molecule has 1 amide bonds. The number of carbonyl (C=O) groups excluding carboxylic acids is 3. The number of hydrogen-bond acceptors (Lipinski definition) is 8. The van der Waals surface area contributed by atoms with Crippen LogP contribution in [0.5, 0.6) is 5.75 Å². The van der Waals surface area contributed by atoms with Crippen LogP contribution in [0.2, 0.25) is 0 Å². The van der Waals surface area contributed by atoms with Crippen molar-refractivity contribution in [1.29, 1.82) is 0 Å². The summed E-state index contributed by atoms with van der Waals surface area (Å²) in [4.78, 5) is 40.1. The third kappa shape index (κ3) is 4.46. The smallest absolute Gasteiger partial charge is 0.417 e. The van der Waals surface area contributed by atoms with Gasteiger partial charge in [-0.3, -0.25) is 19.3 Å². The van der Waals surface area contributed by atoms with Gasteiger partial charge in [0.25, 0.3) is 5.91 Å². The largest absolute Gasteiger partial charge is 0.508 e. The van der Waals surface area contributed by atoms with Crippen molar-refractivity contribution in [2.45, 2.75) is 78.1 Å². The van der Waals surface area contributed by atoms with Crippen LogP contribution in [0.15, 0.2) is 23.0 Å². The number of benzene rings is 1. The molecule has 6 aliphatic carbocycles. The molecule has 1 aromatic carbocycles. The summed E-state index contributed by atoms with van der Waals surface area (Å²) in [5.41, 5.74) is -0.861. The Morgan fingerprint density at radius 1 is 1.13 bits per heavy atom. The molecule has 6 N–H and O–H groups in total. The third-order valence-corrected chi connectivity index (χ3v) is 12.1. The fraction of sp³-hybridized carbons (Fsp3) is 0.618. The average molecular weight is 647 g/mol. The van der Waals surface area contributed by atoms with Gasteiger partial charge in [0.05, 0.1) is 11.1 Å². The van der Waals surface area contributed by atoms with Gasteiger partial charge in [-0.25, -0.2) is 0 Å². The van der Waals surface area contributed by atoms with Gasteiger partial charge in [-0.05, 0) is 84.4 Å². The van der Waals surface area contributed by atoms with Crippen LogP contribution < -0.4 is 5.73 Å². The second-order valence-electron chi connectivity index (χ2n) is 14.7. The molecule has 0 aliphatic heterocycles. The summed E-state index contributed by atoms with van der Waals surface area (Å²) < 4.78 is 44.8. The molecule has 2 bridgehead atoms. The highest BCUT2D eigenvalue weighted by atomic mass is 19.4. The Kier molecular flexibility index (Phi) is 7.48. The van der Waals surface area contributed by atoms with Crippen molar-refractivity contribution in [2.24, 2.45) is 46.7 Å². The zero-order valence-electron chi connectivity index (χ0n) is 26.4. The molecule has 0 saturated heterocycles. The Morgan fingerprint density at radius 2 is 1.80 bits per heavy atom. The number of nitrogens with zero attached hydrogens (tertiary/aromatic N) is 1. The maximum absolute atomic E-state index is 14.9. The number of aliphatic hydroxyl groups excluding tert-OH is 2. The number of ketones is 2. The lowest BCUT2D eigenvalue weighted by Crippen LogP contribution is -2.60. The molecular weight excluding hydrogens is 605 g/mol. The van der Waals surface area contributed by atoms with Crippen molar-refractivity contribution in [3.63, 3.8) is 0 Å². The summed E-state index contributed by atoms with van der Waals surface area (Å²) in [6.07, 6.45) is -3.97. The Morgan fingerprint density at radius 3 is 2.37 bits per heavy atom. The van der Waals surface area contributed by atoms with Gasteiger partial charge in [-0.1, -0.05) is 27.7 Å². The normalized spacial score (nSPS) is 33.4. The van der Waals surface area contributed by atoms with Crippen LogP contribution in [0.25, 0.3) is 5.76 Å². The van der Waals surface area contributed by atoms with Gasteiger partial charge in [0.1, 0.15) is 22.8 Å². The lowest BCUT2D eigenvalue weighted by molar-refractivity contribution is -0.166. The van der Waals surface area contributed by atoms with Crippen LogP contribution in [0.4, 0.5) is 13.2 Å². The molecule has 1 aromatic rings. The summed E-state index contributed by atoms with van der Waals surface area (Å²) in [5.74, 6) is -6.63. The molecule has 12 heteroatoms. The van der Waals surface area contributed by atoms with E-state index in [1.54, 1.807) is 0 Å². The van der Waals surface area contributed by atoms with E-state index in [4.69, 9.17) is 5.73 Å². The van der Waals surface area contributed by atoms with Crippen molar-refractivity contribution < 1.29 is 48.0 Å². The number of amides is 1. The Bertz CT molecular complexity index is 1610. The van der Waals surface area contributed by atoms with E-state index in [0.29, 0.717) is 36.8 Å². The van der Waals surface area contributed by atoms with Crippen LogP contribution >= 0.6 is 0 Å². The van der Waals surface area contributed by atoms with Crippen molar-refractivity contribution in [3.05, 3.63) is 45.2 Å². The third-order valence-electron chi connectivity index (χ3n) is 12.1. The van der Waals surface area contributed by atoms with Gasteiger partial charge in [-0.15, -0.1) is 0 Å². The molecule has 46 heavy (non-hydrogen) atoms. The number of nitrogens with two attached hydrogens (primary N) is 1. The number of hydrogen-bond donors (Lipinski definition) is 5. The number of phenols is 1. The summed E-state index contributed by atoms with van der Waals surface area (Å²) >= 11 is 0. The minimum atomic E-state index is -4.87. The van der Waals surface area contributed by atoms with Gasteiger partial charge < -0.3 is 26.2 Å². The molecule has 9 nitrogen and oxygen atoms in total. The predicted molar refractivity (Wildman–Crippen MR) is 160 cm³/mol. The van der Waals surface area contributed by atoms with Gasteiger partial charge >= 0.3 is 6.18 Å². The molecule has 4 saturated carbocycles. The number of Topliss-reactive ketones (excluding diaryl/α,β-unsaturated/α-hetero) is 2. The topological polar surface area (TPSA) is 161 Å². The maximum Gasteiger partial charge on any atom is 0.417 e. The highest BCUT2D eigenvalue weighted by Crippen LogP contribution is 2.65. The average Bonchev–Trinajstić information content (AvgIpc) is 2.93. The van der Waals surface area contributed by atoms with E-state index in [0.717, 1.165) is 18.9 Å². The van der Waals surface area contributed by atoms with E-state index in [1.807, 2.05) is 11.8 Å². The number of alkyl halides is 3. The van der Waals surface area contributed by atoms with E-state index in [-0.39, 0.29) is 29.5 Å². The van der Waals surface area contributed by atoms with Gasteiger partial charge in [0, 0.05) is 31.0 Å². The van der Waals surface area contributed by atoms with E-state index in [9.17, 15) is 48.0 Å². The summed E-state index contributed by atoms with van der Waals surface area (Å²) in [6, 6.07) is 0.987. The quantitative estimate of drug-likeness (QED) is 0.281. The first-order chi connectivity index (χ1) is 21.3. The van der Waals surface area contributed by atoms with E-state index in [2.05, 4.69) is 20.8 Å². The minimum Gasteiger partial charge on any atom is -0.508 e. The summed E-state index contributed by atoms with van der Waals surface area (Å²) in [6.45, 7) is 9.72. The lowest BCUT2D eigenvalue weighted by Gasteiger charge is -2.65. The van der Waals surface area contributed by atoms with Gasteiger partial charge in [0.15, 0.2) is 11.4 Å². The molecule has 0 radical (unpaired) electrons. The SMILES string of the molecule is CCN(Cc1cc(O)c2c(c1C(F)(F)F)CC1C[C@H]3CC(=O)C(C(N)=O)=C(O)[C@@]3(O)C(=O)C1=C2O)C[C@@H]1CCC2C(C)C1C2(C)C. The molecule has 0 heterocycles. The minimum absolute atomic E-state index is 0.0833. The number of halogens is 3. The van der Waals surface area contributed by atoms with Crippen molar-refractivity contribution in [2.75, 3.05) is 13.1 Å². The van der Waals surface area contributed by atoms with E-state index < -0.39 is 93.5 Å². The van der Waals surface area contributed by atoms with Crippen LogP contribution in [-0.4, -0.2) is 61.5 Å². The van der Waals surface area contributed by atoms with Gasteiger partial charge in [0.2, 0.25) is 5.78 Å². The second kappa shape index (κ2) is 10.6. The maximum atomic E-state index is 14.9. The number of phenolic OH excluding ortho intramolecular Hbond substituents is 1. The number of aromatic hydroxyl groups is 1. The fourth-order valence-corrected chi connectivity index (χ4v) is 10.3. The van der Waals surface area contributed by atoms with Crippen LogP contribution in [0.3, 0.4) is 0 Å². The number of fused-ring (bicyclic) bond motifs is 5. The zero-order chi connectivity index (χ0) is 33.8. The number of primary amides is 1. The van der Waals surface area contributed by atoms with Gasteiger partial charge in [-0.2, -0.15) is 13.2 Å². The van der Waals surface area contributed by atoms with E-state index >= 15 is 0 Å². The Balaban J connectivity index is 1.40. The fourth-order valence-electron chi connectivity index (χ4n) is 10.3. The van der Waals surface area contributed by atoms with Crippen molar-refractivity contribution in [3.8, 4) is 5.75 Å². The highest BCUT2D eigenvalue weighted by Gasteiger charge is 2.61. The number of aliphatic hydroxyl groups is 3. The Labute approximate surface area is 264 Å². The first kappa shape index (κ1) is 32.6. The molecule has 4 unspecified atom stereocenters. The second-order valence-corrected chi connectivity index (χ2v) is 14.7. The van der Waals surface area contributed by atoms with Crippen LogP contribution in [0.1, 0.15) is 75.6 Å². The van der Waals surface area contributed by atoms with Crippen LogP contribution in [-0.2, 0) is 33.5 Å².